The quantitative estimate of drug-likeness (QED) is 0.767. The molecule has 0 radical (unpaired) electrons. The van der Waals surface area contributed by atoms with Crippen LogP contribution in [-0.4, -0.2) is 6.54 Å². The second kappa shape index (κ2) is 5.23. The van der Waals surface area contributed by atoms with E-state index in [2.05, 4.69) is 5.32 Å². The van der Waals surface area contributed by atoms with E-state index in [1.165, 1.54) is 0 Å². The highest BCUT2D eigenvalue weighted by Gasteiger charge is 2.32. The molecule has 0 amide bonds. The van der Waals surface area contributed by atoms with Crippen LogP contribution in [0.5, 0.6) is 0 Å². The van der Waals surface area contributed by atoms with Crippen molar-refractivity contribution in [2.75, 3.05) is 6.54 Å². The summed E-state index contributed by atoms with van der Waals surface area (Å²) >= 11 is 0. The first-order valence-corrected chi connectivity index (χ1v) is 5.08. The molecule has 1 saturated heterocycles. The van der Waals surface area contributed by atoms with Gasteiger partial charge in [-0.3, -0.25) is 0 Å². The van der Waals surface area contributed by atoms with E-state index in [4.69, 9.17) is 0 Å². The third kappa shape index (κ3) is 3.33. The number of hydrogen-bond acceptors (Lipinski definition) is 1. The van der Waals surface area contributed by atoms with Gasteiger partial charge in [-0.25, -0.2) is 4.39 Å². The molecule has 0 saturated carbocycles. The first kappa shape index (κ1) is 14.3. The Morgan fingerprint density at radius 3 is 2.41 bits per heavy atom. The molecule has 2 rings (SSSR count). The molecule has 1 heterocycles. The molecule has 1 fully saturated rings. The summed E-state index contributed by atoms with van der Waals surface area (Å²) in [7, 11) is 0. The second-order valence-corrected chi connectivity index (χ2v) is 3.92. The van der Waals surface area contributed by atoms with Crippen LogP contribution in [0, 0.1) is 5.82 Å². The van der Waals surface area contributed by atoms with Gasteiger partial charge in [0.1, 0.15) is 5.82 Å². The van der Waals surface area contributed by atoms with E-state index in [1.807, 2.05) is 0 Å². The molecule has 6 heteroatoms. The third-order valence-electron chi connectivity index (χ3n) is 2.71. The highest BCUT2D eigenvalue weighted by molar-refractivity contribution is 5.85. The van der Waals surface area contributed by atoms with E-state index in [9.17, 15) is 17.6 Å². The summed E-state index contributed by atoms with van der Waals surface area (Å²) in [5.41, 5.74) is -0.541. The van der Waals surface area contributed by atoms with Crippen LogP contribution in [0.15, 0.2) is 18.2 Å². The predicted octanol–water partition coefficient (Wildman–Crippen LogP) is 3.69. The van der Waals surface area contributed by atoms with E-state index in [0.717, 1.165) is 31.5 Å². The van der Waals surface area contributed by atoms with Crippen LogP contribution in [0.1, 0.15) is 30.0 Å². The van der Waals surface area contributed by atoms with Crippen LogP contribution in [-0.2, 0) is 6.18 Å². The third-order valence-corrected chi connectivity index (χ3v) is 2.71. The summed E-state index contributed by atoms with van der Waals surface area (Å²) in [6.45, 7) is 0.766. The highest BCUT2D eigenvalue weighted by atomic mass is 35.5. The molecule has 1 atom stereocenters. The average molecular weight is 270 g/mol. The Morgan fingerprint density at radius 1 is 1.18 bits per heavy atom. The summed E-state index contributed by atoms with van der Waals surface area (Å²) in [5, 5.41) is 3.04. The summed E-state index contributed by atoms with van der Waals surface area (Å²) in [4.78, 5) is 0. The monoisotopic (exact) mass is 269 g/mol. The number of nitrogens with one attached hydrogen (secondary N) is 1. The zero-order valence-corrected chi connectivity index (χ0v) is 9.67. The van der Waals surface area contributed by atoms with Crippen molar-refractivity contribution in [3.63, 3.8) is 0 Å². The summed E-state index contributed by atoms with van der Waals surface area (Å²) < 4.78 is 50.4. The number of alkyl halides is 3. The number of benzene rings is 1. The van der Waals surface area contributed by atoms with Crippen molar-refractivity contribution in [3.05, 3.63) is 35.1 Å². The van der Waals surface area contributed by atoms with Crippen LogP contribution in [0.4, 0.5) is 17.6 Å². The van der Waals surface area contributed by atoms with E-state index in [-0.39, 0.29) is 18.4 Å². The van der Waals surface area contributed by atoms with Crippen LogP contribution in [0.25, 0.3) is 0 Å². The summed E-state index contributed by atoms with van der Waals surface area (Å²) in [6.07, 6.45) is -2.83. The normalized spacial score (nSPS) is 20.1. The zero-order valence-electron chi connectivity index (χ0n) is 8.85. The van der Waals surface area contributed by atoms with E-state index >= 15 is 0 Å². The molecular formula is C11H12ClF4N. The smallest absolute Gasteiger partial charge is 0.310 e. The molecule has 1 aliphatic rings. The van der Waals surface area contributed by atoms with Crippen LogP contribution < -0.4 is 5.32 Å². The first-order chi connectivity index (χ1) is 7.47. The molecule has 1 nitrogen and oxygen atoms in total. The Hall–Kier alpha value is -0.810. The van der Waals surface area contributed by atoms with Gasteiger partial charge in [-0.1, -0.05) is 0 Å². The lowest BCUT2D eigenvalue weighted by Crippen LogP contribution is -2.14. The minimum atomic E-state index is -4.49. The van der Waals surface area contributed by atoms with Crippen molar-refractivity contribution in [2.45, 2.75) is 25.1 Å². The molecule has 0 bridgehead atoms. The molecule has 0 aromatic heterocycles. The molecule has 1 aromatic carbocycles. The lowest BCUT2D eigenvalue weighted by atomic mass is 10.0. The van der Waals surface area contributed by atoms with Crippen molar-refractivity contribution in [1.29, 1.82) is 0 Å². The minimum Gasteiger partial charge on any atom is -0.310 e. The molecule has 1 N–H and O–H groups in total. The Bertz CT molecular complexity index is 386. The lowest BCUT2D eigenvalue weighted by Gasteiger charge is -2.14. The van der Waals surface area contributed by atoms with Gasteiger partial charge in [-0.2, -0.15) is 13.2 Å². The molecule has 0 aliphatic carbocycles. The van der Waals surface area contributed by atoms with Crippen LogP contribution in [0.3, 0.4) is 0 Å². The van der Waals surface area contributed by atoms with Gasteiger partial charge >= 0.3 is 6.18 Å². The van der Waals surface area contributed by atoms with E-state index < -0.39 is 17.6 Å². The van der Waals surface area contributed by atoms with E-state index in [0.29, 0.717) is 11.6 Å². The fourth-order valence-corrected chi connectivity index (χ4v) is 1.95. The largest absolute Gasteiger partial charge is 0.416 e. The van der Waals surface area contributed by atoms with Gasteiger partial charge < -0.3 is 5.32 Å². The van der Waals surface area contributed by atoms with Crippen molar-refractivity contribution < 1.29 is 17.6 Å². The summed E-state index contributed by atoms with van der Waals surface area (Å²) in [6, 6.07) is 2.56. The lowest BCUT2D eigenvalue weighted by molar-refractivity contribution is -0.137. The fourth-order valence-electron chi connectivity index (χ4n) is 1.95. The Labute approximate surface area is 103 Å². The molecule has 96 valence electrons. The highest BCUT2D eigenvalue weighted by Crippen LogP contribution is 2.33. The SMILES string of the molecule is Cl.Fc1cc([C@@H]2CCCN2)cc(C(F)(F)F)c1. The van der Waals surface area contributed by atoms with Gasteiger partial charge in [0.2, 0.25) is 0 Å². The molecule has 0 unspecified atom stereocenters. The standard InChI is InChI=1S/C11H11F4N.ClH/c12-9-5-7(10-2-1-3-16-10)4-8(6-9)11(13,14)15;/h4-6,10,16H,1-3H2;1H/t10-;/m0./s1. The Morgan fingerprint density at radius 2 is 1.88 bits per heavy atom. The maximum Gasteiger partial charge on any atom is 0.416 e. The van der Waals surface area contributed by atoms with E-state index in [1.54, 1.807) is 0 Å². The van der Waals surface area contributed by atoms with Crippen LogP contribution in [0.2, 0.25) is 0 Å². The minimum absolute atomic E-state index is 0. The van der Waals surface area contributed by atoms with Crippen molar-refractivity contribution >= 4 is 12.4 Å². The van der Waals surface area contributed by atoms with Gasteiger partial charge in [-0.05, 0) is 43.1 Å². The number of hydrogen-bond donors (Lipinski definition) is 1. The van der Waals surface area contributed by atoms with Gasteiger partial charge in [-0.15, -0.1) is 12.4 Å². The molecule has 1 aliphatic heterocycles. The van der Waals surface area contributed by atoms with Crippen LogP contribution >= 0.6 is 12.4 Å². The number of halogens is 5. The average Bonchev–Trinajstić information content (AvgIpc) is 2.68. The van der Waals surface area contributed by atoms with Crippen molar-refractivity contribution in [2.24, 2.45) is 0 Å². The maximum atomic E-state index is 13.1. The fraction of sp³-hybridized carbons (Fsp3) is 0.455. The summed E-state index contributed by atoms with van der Waals surface area (Å²) in [5.74, 6) is -0.835. The topological polar surface area (TPSA) is 12.0 Å². The second-order valence-electron chi connectivity index (χ2n) is 3.92. The van der Waals surface area contributed by atoms with Crippen molar-refractivity contribution in [3.8, 4) is 0 Å². The Kier molecular flexibility index (Phi) is 4.38. The molecule has 17 heavy (non-hydrogen) atoms. The van der Waals surface area contributed by atoms with Gasteiger partial charge in [0.25, 0.3) is 0 Å². The van der Waals surface area contributed by atoms with Crippen molar-refractivity contribution in [1.82, 2.24) is 5.32 Å². The van der Waals surface area contributed by atoms with Gasteiger partial charge in [0, 0.05) is 6.04 Å². The number of rotatable bonds is 1. The maximum absolute atomic E-state index is 13.1. The first-order valence-electron chi connectivity index (χ1n) is 5.08. The van der Waals surface area contributed by atoms with Gasteiger partial charge in [0.15, 0.2) is 0 Å². The molecule has 0 spiro atoms. The Balaban J connectivity index is 0.00000144. The molecular weight excluding hydrogens is 258 g/mol. The molecule has 1 aromatic rings. The predicted molar refractivity (Wildman–Crippen MR) is 58.6 cm³/mol. The zero-order chi connectivity index (χ0) is 11.8. The van der Waals surface area contributed by atoms with Gasteiger partial charge in [0.05, 0.1) is 5.56 Å².